The van der Waals surface area contributed by atoms with Gasteiger partial charge in [-0.2, -0.15) is 4.31 Å². The predicted octanol–water partition coefficient (Wildman–Crippen LogP) is 1.50. The van der Waals surface area contributed by atoms with Gasteiger partial charge < -0.3 is 5.73 Å². The second-order valence-corrected chi connectivity index (χ2v) is 6.66. The van der Waals surface area contributed by atoms with Crippen molar-refractivity contribution in [1.82, 2.24) is 4.31 Å². The summed E-state index contributed by atoms with van der Waals surface area (Å²) in [5.74, 6) is 0. The van der Waals surface area contributed by atoms with E-state index in [0.29, 0.717) is 17.3 Å². The van der Waals surface area contributed by atoms with Gasteiger partial charge in [-0.3, -0.25) is 0 Å². The minimum atomic E-state index is -3.36. The second kappa shape index (κ2) is 5.77. The molecule has 92 valence electrons. The quantitative estimate of drug-likeness (QED) is 0.845. The lowest BCUT2D eigenvalue weighted by molar-refractivity contribution is 0.336. The van der Waals surface area contributed by atoms with Crippen LogP contribution in [0.5, 0.6) is 0 Å². The van der Waals surface area contributed by atoms with Gasteiger partial charge in [0.05, 0.1) is 0 Å². The Bertz CT molecular complexity index is 400. The topological polar surface area (TPSA) is 63.4 Å². The molecule has 0 saturated carbocycles. The van der Waals surface area contributed by atoms with Crippen molar-refractivity contribution in [2.45, 2.75) is 30.5 Å². The van der Waals surface area contributed by atoms with Gasteiger partial charge >= 0.3 is 0 Å². The van der Waals surface area contributed by atoms with Gasteiger partial charge in [0, 0.05) is 19.1 Å². The Balaban J connectivity index is 3.02. The van der Waals surface area contributed by atoms with E-state index in [1.807, 2.05) is 13.8 Å². The number of nitrogens with two attached hydrogens (primary N) is 1. The summed E-state index contributed by atoms with van der Waals surface area (Å²) in [4.78, 5) is 0. The van der Waals surface area contributed by atoms with Gasteiger partial charge in [0.1, 0.15) is 4.21 Å². The highest BCUT2D eigenvalue weighted by Crippen LogP contribution is 2.23. The zero-order valence-electron chi connectivity index (χ0n) is 9.59. The number of rotatable bonds is 6. The average molecular weight is 262 g/mol. The summed E-state index contributed by atoms with van der Waals surface area (Å²) in [6, 6.07) is 3.36. The van der Waals surface area contributed by atoms with Gasteiger partial charge in [0.15, 0.2) is 0 Å². The summed E-state index contributed by atoms with van der Waals surface area (Å²) in [7, 11) is -3.36. The molecule has 0 aliphatic heterocycles. The third kappa shape index (κ3) is 2.82. The van der Waals surface area contributed by atoms with Crippen LogP contribution in [0.15, 0.2) is 21.7 Å². The Morgan fingerprint density at radius 2 is 2.25 bits per heavy atom. The maximum atomic E-state index is 12.3. The Labute approximate surface area is 101 Å². The highest BCUT2D eigenvalue weighted by molar-refractivity contribution is 7.91. The summed E-state index contributed by atoms with van der Waals surface area (Å²) in [6.45, 7) is 4.59. The molecule has 0 aliphatic rings. The molecule has 0 aromatic carbocycles. The van der Waals surface area contributed by atoms with E-state index in [1.54, 1.807) is 17.5 Å². The van der Waals surface area contributed by atoms with Gasteiger partial charge in [0.2, 0.25) is 0 Å². The van der Waals surface area contributed by atoms with Crippen molar-refractivity contribution in [1.29, 1.82) is 0 Å². The van der Waals surface area contributed by atoms with Gasteiger partial charge in [-0.05, 0) is 24.8 Å². The third-order valence-electron chi connectivity index (χ3n) is 2.49. The van der Waals surface area contributed by atoms with Crippen LogP contribution in [0.3, 0.4) is 0 Å². The fourth-order valence-electron chi connectivity index (χ4n) is 1.43. The van der Waals surface area contributed by atoms with Crippen LogP contribution < -0.4 is 5.73 Å². The van der Waals surface area contributed by atoms with Crippen LogP contribution in [0.2, 0.25) is 0 Å². The van der Waals surface area contributed by atoms with Gasteiger partial charge in [-0.25, -0.2) is 8.42 Å². The third-order valence-corrected chi connectivity index (χ3v) is 5.88. The van der Waals surface area contributed by atoms with E-state index in [9.17, 15) is 8.42 Å². The Morgan fingerprint density at radius 3 is 2.69 bits per heavy atom. The molecule has 1 unspecified atom stereocenters. The van der Waals surface area contributed by atoms with Crippen LogP contribution >= 0.6 is 11.3 Å². The minimum Gasteiger partial charge on any atom is -0.329 e. The Hall–Kier alpha value is -0.430. The van der Waals surface area contributed by atoms with Crippen LogP contribution in [-0.2, 0) is 10.0 Å². The SMILES string of the molecule is CCC(C)N(CCN)S(=O)(=O)c1cccs1. The van der Waals surface area contributed by atoms with E-state index >= 15 is 0 Å². The van der Waals surface area contributed by atoms with Crippen molar-refractivity contribution in [2.75, 3.05) is 13.1 Å². The van der Waals surface area contributed by atoms with Crippen LogP contribution in [0, 0.1) is 0 Å². The van der Waals surface area contributed by atoms with E-state index in [2.05, 4.69) is 0 Å². The summed E-state index contributed by atoms with van der Waals surface area (Å²) >= 11 is 1.24. The first-order valence-electron chi connectivity index (χ1n) is 5.29. The minimum absolute atomic E-state index is 0.0179. The first kappa shape index (κ1) is 13.6. The van der Waals surface area contributed by atoms with Crippen molar-refractivity contribution < 1.29 is 8.42 Å². The van der Waals surface area contributed by atoms with E-state index in [-0.39, 0.29) is 6.04 Å². The van der Waals surface area contributed by atoms with Gasteiger partial charge in [-0.1, -0.05) is 13.0 Å². The van der Waals surface area contributed by atoms with Crippen molar-refractivity contribution in [2.24, 2.45) is 5.73 Å². The lowest BCUT2D eigenvalue weighted by Gasteiger charge is -2.26. The molecule has 0 saturated heterocycles. The zero-order valence-corrected chi connectivity index (χ0v) is 11.2. The molecule has 2 N–H and O–H groups in total. The highest BCUT2D eigenvalue weighted by atomic mass is 32.2. The van der Waals surface area contributed by atoms with Crippen LogP contribution in [0.25, 0.3) is 0 Å². The maximum absolute atomic E-state index is 12.3. The van der Waals surface area contributed by atoms with E-state index in [1.165, 1.54) is 15.6 Å². The lowest BCUT2D eigenvalue weighted by atomic mass is 10.2. The lowest BCUT2D eigenvalue weighted by Crippen LogP contribution is -2.41. The second-order valence-electron chi connectivity index (χ2n) is 3.59. The van der Waals surface area contributed by atoms with Crippen molar-refractivity contribution in [3.8, 4) is 0 Å². The number of hydrogen-bond donors (Lipinski definition) is 1. The summed E-state index contributed by atoms with van der Waals surface area (Å²) in [5.41, 5.74) is 5.47. The Kier molecular flexibility index (Phi) is 4.91. The average Bonchev–Trinajstić information content (AvgIpc) is 2.78. The Morgan fingerprint density at radius 1 is 1.56 bits per heavy atom. The molecule has 0 bridgehead atoms. The summed E-state index contributed by atoms with van der Waals surface area (Å²) in [6.07, 6.45) is 0.782. The number of thiophene rings is 1. The molecule has 16 heavy (non-hydrogen) atoms. The molecule has 0 amide bonds. The number of hydrogen-bond acceptors (Lipinski definition) is 4. The van der Waals surface area contributed by atoms with E-state index in [0.717, 1.165) is 6.42 Å². The molecule has 1 aromatic heterocycles. The standard InChI is InChI=1S/C10H18N2O2S2/c1-3-9(2)12(7-6-11)16(13,14)10-5-4-8-15-10/h4-5,8-9H,3,6-7,11H2,1-2H3. The number of sulfonamides is 1. The largest absolute Gasteiger partial charge is 0.329 e. The highest BCUT2D eigenvalue weighted by Gasteiger charge is 2.28. The molecule has 1 heterocycles. The molecule has 0 aliphatic carbocycles. The van der Waals surface area contributed by atoms with Crippen molar-refractivity contribution in [3.05, 3.63) is 17.5 Å². The molecular formula is C10H18N2O2S2. The van der Waals surface area contributed by atoms with Gasteiger partial charge in [-0.15, -0.1) is 11.3 Å². The smallest absolute Gasteiger partial charge is 0.252 e. The molecule has 1 atom stereocenters. The molecule has 1 rings (SSSR count). The van der Waals surface area contributed by atoms with E-state index in [4.69, 9.17) is 5.73 Å². The first-order valence-corrected chi connectivity index (χ1v) is 7.61. The first-order chi connectivity index (χ1) is 7.54. The predicted molar refractivity (Wildman–Crippen MR) is 67.0 cm³/mol. The maximum Gasteiger partial charge on any atom is 0.252 e. The number of nitrogens with zero attached hydrogens (tertiary/aromatic N) is 1. The normalized spacial score (nSPS) is 14.2. The molecule has 4 nitrogen and oxygen atoms in total. The van der Waals surface area contributed by atoms with Crippen LogP contribution in [0.1, 0.15) is 20.3 Å². The van der Waals surface area contributed by atoms with Crippen molar-refractivity contribution in [3.63, 3.8) is 0 Å². The van der Waals surface area contributed by atoms with E-state index < -0.39 is 10.0 Å². The summed E-state index contributed by atoms with van der Waals surface area (Å²) < 4.78 is 26.4. The molecule has 0 fully saturated rings. The monoisotopic (exact) mass is 262 g/mol. The fraction of sp³-hybridized carbons (Fsp3) is 0.600. The summed E-state index contributed by atoms with van der Waals surface area (Å²) in [5, 5.41) is 1.77. The van der Waals surface area contributed by atoms with Crippen LogP contribution in [-0.4, -0.2) is 31.9 Å². The molecule has 1 aromatic rings. The van der Waals surface area contributed by atoms with Gasteiger partial charge in [0.25, 0.3) is 10.0 Å². The molecule has 0 spiro atoms. The zero-order chi connectivity index (χ0) is 12.2. The molecular weight excluding hydrogens is 244 g/mol. The van der Waals surface area contributed by atoms with Crippen LogP contribution in [0.4, 0.5) is 0 Å². The molecule has 6 heteroatoms. The van der Waals surface area contributed by atoms with Crippen molar-refractivity contribution >= 4 is 21.4 Å². The fourth-order valence-corrected chi connectivity index (χ4v) is 4.27. The molecule has 0 radical (unpaired) electrons.